The summed E-state index contributed by atoms with van der Waals surface area (Å²) in [6.07, 6.45) is 13.7. The predicted molar refractivity (Wildman–Crippen MR) is 124 cm³/mol. The van der Waals surface area contributed by atoms with Crippen molar-refractivity contribution < 1.29 is 19.4 Å². The number of hydrogen-bond acceptors (Lipinski definition) is 4. The number of allylic oxidation sites excluding steroid dienone is 4. The van der Waals surface area contributed by atoms with Crippen LogP contribution in [0.3, 0.4) is 0 Å². The van der Waals surface area contributed by atoms with Gasteiger partial charge in [-0.2, -0.15) is 11.8 Å². The Labute approximate surface area is 183 Å². The second-order valence-corrected chi connectivity index (χ2v) is 9.05. The van der Waals surface area contributed by atoms with Gasteiger partial charge >= 0.3 is 5.97 Å². The first-order chi connectivity index (χ1) is 14.4. The number of anilines is 1. The molecule has 0 heterocycles. The predicted octanol–water partition coefficient (Wildman–Crippen LogP) is 5.60. The molecule has 1 unspecified atom stereocenters. The highest BCUT2D eigenvalue weighted by atomic mass is 32.2. The van der Waals surface area contributed by atoms with Crippen molar-refractivity contribution in [2.24, 2.45) is 0 Å². The fraction of sp³-hybridized carbons (Fsp3) is 0.417. The summed E-state index contributed by atoms with van der Waals surface area (Å²) in [5.74, 6) is 0.602. The molecule has 0 bridgehead atoms. The Morgan fingerprint density at radius 3 is 2.80 bits per heavy atom. The third-order valence-corrected chi connectivity index (χ3v) is 6.12. The molecule has 30 heavy (non-hydrogen) atoms. The Hall–Kier alpha value is -2.47. The van der Waals surface area contributed by atoms with Crippen LogP contribution in [0.25, 0.3) is 0 Å². The monoisotopic (exact) mass is 429 g/mol. The standard InChI is InChI=1S/C24H31NO4S/c1-3-4-18-30-24(2)15-13-19(14-16-24)11-12-22(26)25-20-8-5-6-9-21(20)29-17-7-10-23(27)28/h5-6,8-9,11-15H,3-4,7,10,16-18H2,1-2H3,(H,25,26)(H,27,28). The van der Waals surface area contributed by atoms with Gasteiger partial charge in [0.1, 0.15) is 5.75 Å². The molecular weight excluding hydrogens is 398 g/mol. The second-order valence-electron chi connectivity index (χ2n) is 7.42. The first kappa shape index (κ1) is 23.8. The van der Waals surface area contributed by atoms with Crippen LogP contribution in [0, 0.1) is 0 Å². The average Bonchev–Trinajstić information content (AvgIpc) is 2.72. The quantitative estimate of drug-likeness (QED) is 0.334. The summed E-state index contributed by atoms with van der Waals surface area (Å²) in [6.45, 7) is 4.74. The molecular formula is C24H31NO4S. The lowest BCUT2D eigenvalue weighted by Gasteiger charge is -2.27. The van der Waals surface area contributed by atoms with E-state index >= 15 is 0 Å². The van der Waals surface area contributed by atoms with E-state index in [9.17, 15) is 9.59 Å². The summed E-state index contributed by atoms with van der Waals surface area (Å²) < 4.78 is 5.75. The Balaban J connectivity index is 1.86. The number of ether oxygens (including phenoxy) is 1. The molecule has 0 fully saturated rings. The number of nitrogens with one attached hydrogen (secondary N) is 1. The van der Waals surface area contributed by atoms with Crippen LogP contribution in [0.2, 0.25) is 0 Å². The lowest BCUT2D eigenvalue weighted by molar-refractivity contribution is -0.137. The highest BCUT2D eigenvalue weighted by molar-refractivity contribution is 8.00. The fourth-order valence-electron chi connectivity index (χ4n) is 2.86. The van der Waals surface area contributed by atoms with E-state index in [0.717, 1.165) is 17.7 Å². The van der Waals surface area contributed by atoms with Crippen molar-refractivity contribution in [3.63, 3.8) is 0 Å². The number of benzene rings is 1. The van der Waals surface area contributed by atoms with E-state index in [4.69, 9.17) is 9.84 Å². The summed E-state index contributed by atoms with van der Waals surface area (Å²) in [4.78, 5) is 22.9. The van der Waals surface area contributed by atoms with E-state index in [0.29, 0.717) is 17.9 Å². The van der Waals surface area contributed by atoms with Crippen molar-refractivity contribution in [3.8, 4) is 5.75 Å². The third-order valence-electron chi connectivity index (χ3n) is 4.67. The van der Waals surface area contributed by atoms with Gasteiger partial charge < -0.3 is 15.2 Å². The number of aliphatic carboxylic acids is 1. The minimum atomic E-state index is -0.851. The lowest BCUT2D eigenvalue weighted by Crippen LogP contribution is -2.18. The molecule has 2 N–H and O–H groups in total. The summed E-state index contributed by atoms with van der Waals surface area (Å²) in [5, 5.41) is 11.5. The van der Waals surface area contributed by atoms with Gasteiger partial charge in [-0.1, -0.05) is 43.7 Å². The summed E-state index contributed by atoms with van der Waals surface area (Å²) >= 11 is 1.98. The van der Waals surface area contributed by atoms with E-state index in [1.165, 1.54) is 18.9 Å². The Kier molecular flexibility index (Phi) is 9.74. The summed E-state index contributed by atoms with van der Waals surface area (Å²) in [6, 6.07) is 7.14. The minimum absolute atomic E-state index is 0.0516. The average molecular weight is 430 g/mol. The third kappa shape index (κ3) is 8.49. The van der Waals surface area contributed by atoms with Gasteiger partial charge in [0, 0.05) is 17.2 Å². The largest absolute Gasteiger partial charge is 0.491 e. The molecule has 0 saturated heterocycles. The zero-order chi connectivity index (χ0) is 21.8. The summed E-state index contributed by atoms with van der Waals surface area (Å²) in [5.41, 5.74) is 1.59. The molecule has 5 nitrogen and oxygen atoms in total. The number of carbonyl (C=O) groups is 2. The molecule has 0 aromatic heterocycles. The van der Waals surface area contributed by atoms with Gasteiger partial charge in [-0.25, -0.2) is 0 Å². The van der Waals surface area contributed by atoms with Gasteiger partial charge in [-0.15, -0.1) is 0 Å². The van der Waals surface area contributed by atoms with Gasteiger partial charge in [-0.05, 0) is 55.7 Å². The van der Waals surface area contributed by atoms with Crippen LogP contribution >= 0.6 is 11.8 Å². The van der Waals surface area contributed by atoms with Crippen molar-refractivity contribution in [2.45, 2.75) is 50.7 Å². The van der Waals surface area contributed by atoms with E-state index in [1.54, 1.807) is 12.1 Å². The first-order valence-corrected chi connectivity index (χ1v) is 11.4. The van der Waals surface area contributed by atoms with Crippen LogP contribution in [0.15, 0.2) is 60.2 Å². The number of amides is 1. The number of carbonyl (C=O) groups excluding carboxylic acids is 1. The van der Waals surface area contributed by atoms with Crippen LogP contribution in [0.4, 0.5) is 5.69 Å². The van der Waals surface area contributed by atoms with Gasteiger partial charge in [0.2, 0.25) is 5.91 Å². The maximum absolute atomic E-state index is 12.3. The van der Waals surface area contributed by atoms with Crippen molar-refractivity contribution in [1.82, 2.24) is 0 Å². The zero-order valence-corrected chi connectivity index (χ0v) is 18.5. The van der Waals surface area contributed by atoms with Gasteiger partial charge in [0.25, 0.3) is 0 Å². The van der Waals surface area contributed by atoms with Crippen molar-refractivity contribution >= 4 is 29.3 Å². The number of rotatable bonds is 12. The number of carboxylic acid groups (broad SMARTS) is 1. The van der Waals surface area contributed by atoms with E-state index in [1.807, 2.05) is 30.0 Å². The normalized spacial score (nSPS) is 18.3. The molecule has 0 radical (unpaired) electrons. The first-order valence-electron chi connectivity index (χ1n) is 10.4. The van der Waals surface area contributed by atoms with Crippen LogP contribution in [0.5, 0.6) is 5.75 Å². The van der Waals surface area contributed by atoms with Crippen molar-refractivity contribution in [3.05, 3.63) is 60.2 Å². The van der Waals surface area contributed by atoms with Crippen molar-refractivity contribution in [2.75, 3.05) is 17.7 Å². The lowest BCUT2D eigenvalue weighted by atomic mass is 9.97. The Morgan fingerprint density at radius 2 is 2.10 bits per heavy atom. The van der Waals surface area contributed by atoms with Crippen LogP contribution in [0.1, 0.15) is 46.0 Å². The molecule has 6 heteroatoms. The number of thioether (sulfide) groups is 1. The van der Waals surface area contributed by atoms with Crippen LogP contribution in [-0.2, 0) is 9.59 Å². The topological polar surface area (TPSA) is 75.6 Å². The van der Waals surface area contributed by atoms with Crippen LogP contribution in [-0.4, -0.2) is 34.1 Å². The van der Waals surface area contributed by atoms with Gasteiger partial charge in [-0.3, -0.25) is 9.59 Å². The zero-order valence-electron chi connectivity index (χ0n) is 17.7. The number of unbranched alkanes of at least 4 members (excludes halogenated alkanes) is 1. The van der Waals surface area contributed by atoms with E-state index < -0.39 is 5.97 Å². The van der Waals surface area contributed by atoms with Crippen LogP contribution < -0.4 is 10.1 Å². The SMILES string of the molecule is CCCCSC1(C)C=CC(C=CC(=O)Nc2ccccc2OCCCC(=O)O)=CC1. The Bertz CT molecular complexity index is 815. The smallest absolute Gasteiger partial charge is 0.303 e. The molecule has 0 saturated carbocycles. The number of para-hydroxylation sites is 2. The maximum Gasteiger partial charge on any atom is 0.303 e. The van der Waals surface area contributed by atoms with Crippen molar-refractivity contribution in [1.29, 1.82) is 0 Å². The number of hydrogen-bond donors (Lipinski definition) is 2. The molecule has 0 spiro atoms. The summed E-state index contributed by atoms with van der Waals surface area (Å²) in [7, 11) is 0. The Morgan fingerprint density at radius 1 is 1.30 bits per heavy atom. The molecule has 1 atom stereocenters. The second kappa shape index (κ2) is 12.3. The van der Waals surface area contributed by atoms with Gasteiger partial charge in [0.15, 0.2) is 0 Å². The van der Waals surface area contributed by atoms with E-state index in [2.05, 4.69) is 37.4 Å². The molecule has 0 aliphatic heterocycles. The molecule has 2 rings (SSSR count). The van der Waals surface area contributed by atoms with Gasteiger partial charge in [0.05, 0.1) is 12.3 Å². The molecule has 1 aromatic rings. The highest BCUT2D eigenvalue weighted by Gasteiger charge is 2.22. The molecule has 1 amide bonds. The highest BCUT2D eigenvalue weighted by Crippen LogP contribution is 2.35. The molecule has 1 aliphatic rings. The molecule has 1 aromatic carbocycles. The minimum Gasteiger partial charge on any atom is -0.491 e. The van der Waals surface area contributed by atoms with E-state index in [-0.39, 0.29) is 23.7 Å². The molecule has 162 valence electrons. The fourth-order valence-corrected chi connectivity index (χ4v) is 4.12. The maximum atomic E-state index is 12.3. The number of carboxylic acids is 1. The molecule has 1 aliphatic carbocycles.